The number of benzene rings is 3. The van der Waals surface area contributed by atoms with Crippen molar-refractivity contribution in [3.8, 4) is 0 Å². The van der Waals surface area contributed by atoms with Gasteiger partial charge in [-0.25, -0.2) is 4.39 Å². The fourth-order valence-corrected chi connectivity index (χ4v) is 4.03. The minimum atomic E-state index is -0.261. The number of morpholine rings is 1. The van der Waals surface area contributed by atoms with Crippen LogP contribution < -0.4 is 5.32 Å². The van der Waals surface area contributed by atoms with Crippen LogP contribution in [0.5, 0.6) is 0 Å². The summed E-state index contributed by atoms with van der Waals surface area (Å²) in [5.41, 5.74) is 3.84. The zero-order valence-electron chi connectivity index (χ0n) is 17.5. The second-order valence-corrected chi connectivity index (χ2v) is 7.75. The molecule has 0 spiro atoms. The number of halogens is 1. The third-order valence-electron chi connectivity index (χ3n) is 5.70. The molecule has 1 aliphatic rings. The molecule has 3 aromatic carbocycles. The van der Waals surface area contributed by atoms with Crippen LogP contribution in [0.3, 0.4) is 0 Å². The lowest BCUT2D eigenvalue weighted by atomic mass is 9.99. The van der Waals surface area contributed by atoms with Gasteiger partial charge >= 0.3 is 0 Å². The van der Waals surface area contributed by atoms with E-state index in [4.69, 9.17) is 4.74 Å². The summed E-state index contributed by atoms with van der Waals surface area (Å²) in [6.45, 7) is 3.33. The molecule has 4 rings (SSSR count). The minimum absolute atomic E-state index is 0.0327. The van der Waals surface area contributed by atoms with E-state index in [0.717, 1.165) is 24.2 Å². The molecule has 3 aromatic rings. The zero-order valence-corrected chi connectivity index (χ0v) is 17.5. The molecule has 0 bridgehead atoms. The first-order chi connectivity index (χ1) is 15.2. The molecule has 1 saturated heterocycles. The molecule has 4 nitrogen and oxygen atoms in total. The maximum atomic E-state index is 13.4. The van der Waals surface area contributed by atoms with E-state index in [2.05, 4.69) is 22.3 Å². The minimum Gasteiger partial charge on any atom is -0.379 e. The Hall–Kier alpha value is -3.02. The number of carbonyl (C=O) groups excluding carboxylic acids is 1. The summed E-state index contributed by atoms with van der Waals surface area (Å²) in [5.74, 6) is -0.352. The highest BCUT2D eigenvalue weighted by atomic mass is 19.1. The van der Waals surface area contributed by atoms with Crippen LogP contribution in [0.2, 0.25) is 0 Å². The summed E-state index contributed by atoms with van der Waals surface area (Å²) in [5, 5.41) is 3.12. The number of nitrogens with zero attached hydrogens (tertiary/aromatic N) is 1. The lowest BCUT2D eigenvalue weighted by Gasteiger charge is -2.35. The van der Waals surface area contributed by atoms with E-state index in [9.17, 15) is 9.18 Å². The molecule has 1 atom stereocenters. The van der Waals surface area contributed by atoms with Gasteiger partial charge in [0, 0.05) is 25.2 Å². The number of hydrogen-bond donors (Lipinski definition) is 1. The number of ether oxygens (including phenoxy) is 1. The first-order valence-corrected chi connectivity index (χ1v) is 10.7. The van der Waals surface area contributed by atoms with Gasteiger partial charge in [0.2, 0.25) is 0 Å². The smallest absolute Gasteiger partial charge is 0.251 e. The fourth-order valence-electron chi connectivity index (χ4n) is 4.03. The Kier molecular flexibility index (Phi) is 7.07. The van der Waals surface area contributed by atoms with Crippen molar-refractivity contribution in [2.45, 2.75) is 12.5 Å². The van der Waals surface area contributed by atoms with E-state index < -0.39 is 0 Å². The van der Waals surface area contributed by atoms with Crippen molar-refractivity contribution in [2.24, 2.45) is 0 Å². The van der Waals surface area contributed by atoms with E-state index in [1.807, 2.05) is 42.5 Å². The van der Waals surface area contributed by atoms with Gasteiger partial charge in [-0.1, -0.05) is 60.7 Å². The van der Waals surface area contributed by atoms with Crippen LogP contribution in [0.15, 0.2) is 78.9 Å². The van der Waals surface area contributed by atoms with Crippen molar-refractivity contribution in [3.05, 3.63) is 107 Å². The average molecular weight is 419 g/mol. The normalized spacial score (nSPS) is 15.4. The number of amides is 1. The molecule has 1 N–H and O–H groups in total. The Balaban J connectivity index is 1.49. The highest BCUT2D eigenvalue weighted by Crippen LogP contribution is 2.22. The van der Waals surface area contributed by atoms with Gasteiger partial charge in [0.05, 0.1) is 19.3 Å². The van der Waals surface area contributed by atoms with Crippen molar-refractivity contribution in [2.75, 3.05) is 32.8 Å². The summed E-state index contributed by atoms with van der Waals surface area (Å²) in [7, 11) is 0. The summed E-state index contributed by atoms with van der Waals surface area (Å²) in [6, 6.07) is 24.4. The Morgan fingerprint density at radius 2 is 1.61 bits per heavy atom. The third kappa shape index (κ3) is 5.57. The van der Waals surface area contributed by atoms with E-state index in [-0.39, 0.29) is 17.8 Å². The second-order valence-electron chi connectivity index (χ2n) is 7.75. The summed E-state index contributed by atoms with van der Waals surface area (Å²) in [4.78, 5) is 15.4. The lowest BCUT2D eigenvalue weighted by Crippen LogP contribution is -2.44. The van der Waals surface area contributed by atoms with Crippen molar-refractivity contribution < 1.29 is 13.9 Å². The molecule has 0 radical (unpaired) electrons. The Morgan fingerprint density at radius 1 is 0.935 bits per heavy atom. The Bertz CT molecular complexity index is 986. The van der Waals surface area contributed by atoms with Crippen LogP contribution in [0.1, 0.15) is 33.1 Å². The van der Waals surface area contributed by atoms with Gasteiger partial charge < -0.3 is 10.1 Å². The zero-order chi connectivity index (χ0) is 21.5. The first kappa shape index (κ1) is 21.2. The van der Waals surface area contributed by atoms with Crippen molar-refractivity contribution >= 4 is 5.91 Å². The molecule has 0 aromatic heterocycles. The van der Waals surface area contributed by atoms with E-state index in [1.54, 1.807) is 12.1 Å². The van der Waals surface area contributed by atoms with Crippen LogP contribution in [0.25, 0.3) is 0 Å². The average Bonchev–Trinajstić information content (AvgIpc) is 2.82. The molecular weight excluding hydrogens is 391 g/mol. The molecule has 5 heteroatoms. The van der Waals surface area contributed by atoms with Crippen LogP contribution >= 0.6 is 0 Å². The first-order valence-electron chi connectivity index (χ1n) is 10.7. The van der Waals surface area contributed by atoms with Crippen LogP contribution in [0.4, 0.5) is 4.39 Å². The van der Waals surface area contributed by atoms with Gasteiger partial charge in [-0.3, -0.25) is 9.69 Å². The van der Waals surface area contributed by atoms with E-state index in [1.165, 1.54) is 17.7 Å². The molecule has 1 aliphatic heterocycles. The highest BCUT2D eigenvalue weighted by molar-refractivity contribution is 5.95. The number of nitrogens with one attached hydrogen (secondary N) is 1. The van der Waals surface area contributed by atoms with Gasteiger partial charge in [0.15, 0.2) is 0 Å². The largest absolute Gasteiger partial charge is 0.379 e. The fraction of sp³-hybridized carbons (Fsp3) is 0.269. The van der Waals surface area contributed by atoms with Crippen LogP contribution in [0, 0.1) is 5.82 Å². The quantitative estimate of drug-likeness (QED) is 0.625. The van der Waals surface area contributed by atoms with Crippen molar-refractivity contribution in [3.63, 3.8) is 0 Å². The number of hydrogen-bond acceptors (Lipinski definition) is 3. The molecule has 0 aliphatic carbocycles. The van der Waals surface area contributed by atoms with Gasteiger partial charge in [0.25, 0.3) is 5.91 Å². The molecule has 1 unspecified atom stereocenters. The van der Waals surface area contributed by atoms with Gasteiger partial charge in [-0.2, -0.15) is 0 Å². The van der Waals surface area contributed by atoms with Crippen LogP contribution in [-0.4, -0.2) is 43.7 Å². The van der Waals surface area contributed by atoms with Crippen molar-refractivity contribution in [1.82, 2.24) is 10.2 Å². The molecule has 31 heavy (non-hydrogen) atoms. The summed E-state index contributed by atoms with van der Waals surface area (Å²) >= 11 is 0. The molecular formula is C26H27FN2O2. The predicted octanol–water partition coefficient (Wildman–Crippen LogP) is 4.22. The maximum Gasteiger partial charge on any atom is 0.251 e. The molecule has 160 valence electrons. The maximum absolute atomic E-state index is 13.4. The molecule has 0 saturated carbocycles. The second kappa shape index (κ2) is 10.3. The van der Waals surface area contributed by atoms with Gasteiger partial charge in [-0.15, -0.1) is 0 Å². The van der Waals surface area contributed by atoms with Gasteiger partial charge in [-0.05, 0) is 41.3 Å². The monoisotopic (exact) mass is 418 g/mol. The SMILES string of the molecule is O=C(NCC(c1ccc(F)cc1)N1CCOCC1)c1ccccc1Cc1ccccc1. The summed E-state index contributed by atoms with van der Waals surface area (Å²) in [6.07, 6.45) is 0.704. The van der Waals surface area contributed by atoms with Crippen LogP contribution in [-0.2, 0) is 11.2 Å². The van der Waals surface area contributed by atoms with E-state index in [0.29, 0.717) is 31.7 Å². The van der Waals surface area contributed by atoms with E-state index >= 15 is 0 Å². The number of carbonyl (C=O) groups is 1. The molecule has 1 fully saturated rings. The Labute approximate surface area is 182 Å². The third-order valence-corrected chi connectivity index (χ3v) is 5.70. The lowest BCUT2D eigenvalue weighted by molar-refractivity contribution is 0.0162. The van der Waals surface area contributed by atoms with Gasteiger partial charge in [0.1, 0.15) is 5.82 Å². The topological polar surface area (TPSA) is 41.6 Å². The highest BCUT2D eigenvalue weighted by Gasteiger charge is 2.24. The standard InChI is InChI=1S/C26H27FN2O2/c27-23-12-10-21(11-13-23)25(29-14-16-31-17-15-29)19-28-26(30)24-9-5-4-8-22(24)18-20-6-2-1-3-7-20/h1-13,25H,14-19H2,(H,28,30). The predicted molar refractivity (Wildman–Crippen MR) is 120 cm³/mol. The van der Waals surface area contributed by atoms with Crippen molar-refractivity contribution in [1.29, 1.82) is 0 Å². The summed E-state index contributed by atoms with van der Waals surface area (Å²) < 4.78 is 18.9. The molecule has 1 heterocycles. The number of rotatable bonds is 7. The Morgan fingerprint density at radius 3 is 2.35 bits per heavy atom. The molecule has 1 amide bonds.